The summed E-state index contributed by atoms with van der Waals surface area (Å²) in [5.41, 5.74) is 2.43. The van der Waals surface area contributed by atoms with Gasteiger partial charge in [0.15, 0.2) is 11.5 Å². The van der Waals surface area contributed by atoms with Crippen LogP contribution in [0.4, 0.5) is 8.78 Å². The highest BCUT2D eigenvalue weighted by Gasteiger charge is 2.35. The fourth-order valence-electron chi connectivity index (χ4n) is 4.39. The van der Waals surface area contributed by atoms with Crippen molar-refractivity contribution in [2.75, 3.05) is 13.7 Å². The van der Waals surface area contributed by atoms with Crippen LogP contribution in [0.1, 0.15) is 29.0 Å². The van der Waals surface area contributed by atoms with E-state index >= 15 is 0 Å². The van der Waals surface area contributed by atoms with Gasteiger partial charge < -0.3 is 25.0 Å². The lowest BCUT2D eigenvalue weighted by Gasteiger charge is -2.38. The molecule has 3 aromatic rings. The minimum absolute atomic E-state index is 0.0544. The van der Waals surface area contributed by atoms with Gasteiger partial charge in [0.2, 0.25) is 0 Å². The number of aromatic hydroxyl groups is 1. The number of ether oxygens (including phenoxy) is 2. The van der Waals surface area contributed by atoms with Crippen molar-refractivity contribution in [2.45, 2.75) is 37.1 Å². The van der Waals surface area contributed by atoms with E-state index in [4.69, 9.17) is 9.47 Å². The molecule has 0 spiro atoms. The Hall–Kier alpha value is -3.00. The first-order valence-corrected chi connectivity index (χ1v) is 10.8. The van der Waals surface area contributed by atoms with E-state index in [1.165, 1.54) is 31.4 Å². The molecular formula is C26H27F2NO4. The van der Waals surface area contributed by atoms with Gasteiger partial charge in [0.25, 0.3) is 0 Å². The molecule has 3 aromatic carbocycles. The predicted octanol–water partition coefficient (Wildman–Crippen LogP) is 4.12. The van der Waals surface area contributed by atoms with Crippen LogP contribution in [-0.2, 0) is 11.3 Å². The van der Waals surface area contributed by atoms with Crippen LogP contribution in [0.5, 0.6) is 11.5 Å². The zero-order chi connectivity index (χ0) is 23.4. The number of phenolic OH excluding ortho intramolecular Hbond substituents is 1. The average Bonchev–Trinajstić information content (AvgIpc) is 2.81. The van der Waals surface area contributed by atoms with Crippen LogP contribution in [0.15, 0.2) is 66.7 Å². The number of aliphatic hydroxyl groups is 1. The number of methoxy groups -OCH3 is 1. The van der Waals surface area contributed by atoms with Crippen LogP contribution in [-0.4, -0.2) is 42.2 Å². The molecule has 3 unspecified atom stereocenters. The summed E-state index contributed by atoms with van der Waals surface area (Å²) in [6.07, 6.45) is -0.728. The Morgan fingerprint density at radius 3 is 2.15 bits per heavy atom. The second-order valence-corrected chi connectivity index (χ2v) is 8.21. The zero-order valence-electron chi connectivity index (χ0n) is 18.2. The molecule has 5 nitrogen and oxygen atoms in total. The maximum Gasteiger partial charge on any atom is 0.164 e. The lowest BCUT2D eigenvalue weighted by atomic mass is 9.82. The van der Waals surface area contributed by atoms with Gasteiger partial charge in [-0.25, -0.2) is 8.78 Å². The molecule has 0 amide bonds. The van der Waals surface area contributed by atoms with Crippen LogP contribution >= 0.6 is 0 Å². The van der Waals surface area contributed by atoms with Crippen molar-refractivity contribution in [3.8, 4) is 11.5 Å². The minimum Gasteiger partial charge on any atom is -0.504 e. The number of para-hydroxylation sites is 1. The molecule has 0 radical (unpaired) electrons. The fraction of sp³-hybridized carbons (Fsp3) is 0.308. The molecule has 3 N–H and O–H groups in total. The summed E-state index contributed by atoms with van der Waals surface area (Å²) in [7, 11) is 1.49. The number of hydrogen-bond acceptors (Lipinski definition) is 5. The van der Waals surface area contributed by atoms with Gasteiger partial charge in [-0.1, -0.05) is 36.4 Å². The second-order valence-electron chi connectivity index (χ2n) is 8.21. The van der Waals surface area contributed by atoms with E-state index in [1.807, 2.05) is 6.07 Å². The molecule has 4 rings (SSSR count). The largest absolute Gasteiger partial charge is 0.504 e. The Bertz CT molecular complexity index is 1010. The number of benzene rings is 3. The number of rotatable bonds is 7. The van der Waals surface area contributed by atoms with E-state index in [2.05, 4.69) is 5.32 Å². The summed E-state index contributed by atoms with van der Waals surface area (Å²) in [6.45, 7) is 0.637. The third kappa shape index (κ3) is 5.33. The summed E-state index contributed by atoms with van der Waals surface area (Å²) in [6, 6.07) is 17.1. The molecule has 1 aliphatic heterocycles. The Morgan fingerprint density at radius 1 is 1.00 bits per heavy atom. The highest BCUT2D eigenvalue weighted by molar-refractivity contribution is 5.45. The summed E-state index contributed by atoms with van der Waals surface area (Å²) in [5.74, 6) is -0.519. The standard InChI is InChI=1S/C26H27F2NO4/c1-32-26-18(3-2-4-22(26)30)14-29-21-15-33-24(13-23(21)31)25(16-5-9-19(27)10-6-16)17-7-11-20(28)12-8-17/h2-12,21,23-25,29-31H,13-15H2,1H3. The van der Waals surface area contributed by atoms with Crippen molar-refractivity contribution in [3.05, 3.63) is 95.1 Å². The highest BCUT2D eigenvalue weighted by Crippen LogP contribution is 2.35. The van der Waals surface area contributed by atoms with Crippen molar-refractivity contribution in [3.63, 3.8) is 0 Å². The number of aliphatic hydroxyl groups excluding tert-OH is 1. The number of phenols is 1. The van der Waals surface area contributed by atoms with Crippen molar-refractivity contribution in [2.24, 2.45) is 0 Å². The normalized spacial score (nSPS) is 20.7. The molecule has 33 heavy (non-hydrogen) atoms. The van der Waals surface area contributed by atoms with Crippen molar-refractivity contribution in [1.82, 2.24) is 5.32 Å². The Kier molecular flexibility index (Phi) is 7.23. The van der Waals surface area contributed by atoms with E-state index in [-0.39, 0.29) is 42.1 Å². The molecule has 1 fully saturated rings. The molecular weight excluding hydrogens is 428 g/mol. The lowest BCUT2D eigenvalue weighted by molar-refractivity contribution is -0.0718. The number of nitrogens with one attached hydrogen (secondary N) is 1. The zero-order valence-corrected chi connectivity index (χ0v) is 18.2. The molecule has 1 saturated heterocycles. The van der Waals surface area contributed by atoms with Crippen molar-refractivity contribution < 1.29 is 28.5 Å². The highest BCUT2D eigenvalue weighted by atomic mass is 19.1. The van der Waals surface area contributed by atoms with Gasteiger partial charge in [-0.3, -0.25) is 0 Å². The van der Waals surface area contributed by atoms with Gasteiger partial charge >= 0.3 is 0 Å². The lowest BCUT2D eigenvalue weighted by Crippen LogP contribution is -2.50. The van der Waals surface area contributed by atoms with Crippen LogP contribution in [0.3, 0.4) is 0 Å². The first-order valence-electron chi connectivity index (χ1n) is 10.8. The first kappa shape index (κ1) is 23.2. The van der Waals surface area contributed by atoms with Gasteiger partial charge in [-0.2, -0.15) is 0 Å². The van der Waals surface area contributed by atoms with Crippen LogP contribution < -0.4 is 10.1 Å². The van der Waals surface area contributed by atoms with Gasteiger partial charge in [0, 0.05) is 24.4 Å². The fourth-order valence-corrected chi connectivity index (χ4v) is 4.39. The van der Waals surface area contributed by atoms with Crippen LogP contribution in [0.25, 0.3) is 0 Å². The van der Waals surface area contributed by atoms with E-state index in [1.54, 1.807) is 36.4 Å². The SMILES string of the molecule is COc1c(O)cccc1CNC1COC(C(c2ccc(F)cc2)c2ccc(F)cc2)CC1O. The quantitative estimate of drug-likeness (QED) is 0.500. The van der Waals surface area contributed by atoms with E-state index in [0.29, 0.717) is 18.7 Å². The first-order chi connectivity index (χ1) is 16.0. The summed E-state index contributed by atoms with van der Waals surface area (Å²) in [4.78, 5) is 0. The number of hydrogen-bond donors (Lipinski definition) is 3. The molecule has 0 saturated carbocycles. The minimum atomic E-state index is -0.699. The van der Waals surface area contributed by atoms with Crippen molar-refractivity contribution in [1.29, 1.82) is 0 Å². The molecule has 174 valence electrons. The second kappa shape index (κ2) is 10.3. The van der Waals surface area contributed by atoms with Gasteiger partial charge in [-0.05, 0) is 41.5 Å². The van der Waals surface area contributed by atoms with E-state index in [9.17, 15) is 19.0 Å². The van der Waals surface area contributed by atoms with Gasteiger partial charge in [-0.15, -0.1) is 0 Å². The Morgan fingerprint density at radius 2 is 1.61 bits per heavy atom. The summed E-state index contributed by atoms with van der Waals surface area (Å²) < 4.78 is 38.5. The monoisotopic (exact) mass is 455 g/mol. The van der Waals surface area contributed by atoms with Crippen LogP contribution in [0, 0.1) is 11.6 Å². The third-order valence-electron chi connectivity index (χ3n) is 6.09. The molecule has 3 atom stereocenters. The molecule has 1 heterocycles. The van der Waals surface area contributed by atoms with Crippen molar-refractivity contribution >= 4 is 0 Å². The van der Waals surface area contributed by atoms with E-state index < -0.39 is 6.10 Å². The summed E-state index contributed by atoms with van der Waals surface area (Å²) in [5, 5.41) is 24.1. The average molecular weight is 456 g/mol. The number of halogens is 2. The van der Waals surface area contributed by atoms with Crippen LogP contribution in [0.2, 0.25) is 0 Å². The molecule has 7 heteroatoms. The molecule has 1 aliphatic rings. The topological polar surface area (TPSA) is 71.0 Å². The van der Waals surface area contributed by atoms with Gasteiger partial charge in [0.05, 0.1) is 32.0 Å². The Balaban J connectivity index is 1.48. The molecule has 0 bridgehead atoms. The smallest absolute Gasteiger partial charge is 0.164 e. The Labute approximate surface area is 191 Å². The maximum absolute atomic E-state index is 13.5. The predicted molar refractivity (Wildman–Crippen MR) is 120 cm³/mol. The molecule has 0 aliphatic carbocycles. The maximum atomic E-state index is 13.5. The third-order valence-corrected chi connectivity index (χ3v) is 6.09. The van der Waals surface area contributed by atoms with E-state index in [0.717, 1.165) is 16.7 Å². The van der Waals surface area contributed by atoms with Gasteiger partial charge in [0.1, 0.15) is 11.6 Å². The summed E-state index contributed by atoms with van der Waals surface area (Å²) >= 11 is 0. The molecule has 0 aromatic heterocycles.